The van der Waals surface area contributed by atoms with E-state index in [4.69, 9.17) is 4.74 Å². The number of aryl methyl sites for hydroxylation is 1. The fraction of sp³-hybridized carbons (Fsp3) is 0.609. The summed E-state index contributed by atoms with van der Waals surface area (Å²) in [6, 6.07) is 9.22. The van der Waals surface area contributed by atoms with Crippen LogP contribution in [0.15, 0.2) is 36.7 Å². The summed E-state index contributed by atoms with van der Waals surface area (Å²) in [4.78, 5) is 5.33. The molecule has 1 aromatic heterocycles. The van der Waals surface area contributed by atoms with E-state index >= 15 is 0 Å². The molecule has 3 aliphatic heterocycles. The fourth-order valence-corrected chi connectivity index (χ4v) is 5.59. The third-order valence-electron chi connectivity index (χ3n) is 7.03. The van der Waals surface area contributed by atoms with E-state index in [-0.39, 0.29) is 0 Å². The van der Waals surface area contributed by atoms with Gasteiger partial charge < -0.3 is 4.74 Å². The molecule has 150 valence electrons. The first-order valence-corrected chi connectivity index (χ1v) is 10.8. The van der Waals surface area contributed by atoms with Crippen molar-refractivity contribution >= 4 is 0 Å². The highest BCUT2D eigenvalue weighted by atomic mass is 16.5. The van der Waals surface area contributed by atoms with E-state index in [0.29, 0.717) is 11.3 Å². The predicted molar refractivity (Wildman–Crippen MR) is 110 cm³/mol. The van der Waals surface area contributed by atoms with Crippen LogP contribution in [0.5, 0.6) is 0 Å². The molecule has 0 radical (unpaired) electrons. The van der Waals surface area contributed by atoms with E-state index < -0.39 is 0 Å². The van der Waals surface area contributed by atoms with Crippen LogP contribution in [0.2, 0.25) is 0 Å². The first kappa shape index (κ1) is 18.3. The maximum Gasteiger partial charge on any atom is 0.0534 e. The lowest BCUT2D eigenvalue weighted by Crippen LogP contribution is -2.52. The van der Waals surface area contributed by atoms with Gasteiger partial charge in [-0.25, -0.2) is 0 Å². The van der Waals surface area contributed by atoms with Gasteiger partial charge in [0.1, 0.15) is 0 Å². The Labute approximate surface area is 168 Å². The van der Waals surface area contributed by atoms with Gasteiger partial charge in [-0.1, -0.05) is 24.3 Å². The van der Waals surface area contributed by atoms with Crippen LogP contribution in [0.1, 0.15) is 36.0 Å². The Morgan fingerprint density at radius 3 is 2.79 bits per heavy atom. The first-order chi connectivity index (χ1) is 13.7. The number of fused-ring (bicyclic) bond motifs is 2. The Bertz CT molecular complexity index is 802. The van der Waals surface area contributed by atoms with Crippen LogP contribution in [0.4, 0.5) is 0 Å². The fourth-order valence-electron chi connectivity index (χ4n) is 5.59. The summed E-state index contributed by atoms with van der Waals surface area (Å²) in [6.07, 6.45) is 7.88. The molecule has 5 heteroatoms. The number of aromatic nitrogens is 2. The molecule has 1 spiro atoms. The Kier molecular flexibility index (Phi) is 4.99. The third kappa shape index (κ3) is 3.63. The van der Waals surface area contributed by atoms with Gasteiger partial charge in [0.2, 0.25) is 0 Å². The van der Waals surface area contributed by atoms with E-state index in [1.807, 2.05) is 17.9 Å². The second-order valence-corrected chi connectivity index (χ2v) is 9.14. The Balaban J connectivity index is 1.31. The van der Waals surface area contributed by atoms with Crippen molar-refractivity contribution in [2.24, 2.45) is 13.0 Å². The molecule has 4 heterocycles. The molecule has 0 unspecified atom stereocenters. The van der Waals surface area contributed by atoms with E-state index in [9.17, 15) is 0 Å². The number of hydrogen-bond donors (Lipinski definition) is 0. The number of benzene rings is 1. The highest BCUT2D eigenvalue weighted by Gasteiger charge is 2.42. The lowest BCUT2D eigenvalue weighted by Gasteiger charge is -2.49. The van der Waals surface area contributed by atoms with Gasteiger partial charge in [0, 0.05) is 57.0 Å². The number of piperidine rings is 1. The highest BCUT2D eigenvalue weighted by Crippen LogP contribution is 2.42. The maximum atomic E-state index is 5.64. The summed E-state index contributed by atoms with van der Waals surface area (Å²) in [5.74, 6) is 0.716. The van der Waals surface area contributed by atoms with Gasteiger partial charge in [-0.2, -0.15) is 5.10 Å². The van der Waals surface area contributed by atoms with Gasteiger partial charge in [0.25, 0.3) is 0 Å². The molecule has 0 aliphatic carbocycles. The van der Waals surface area contributed by atoms with Crippen LogP contribution in [-0.4, -0.2) is 59.0 Å². The van der Waals surface area contributed by atoms with Crippen molar-refractivity contribution in [2.45, 2.75) is 37.8 Å². The monoisotopic (exact) mass is 380 g/mol. The number of hydrogen-bond acceptors (Lipinski definition) is 4. The van der Waals surface area contributed by atoms with Crippen LogP contribution >= 0.6 is 0 Å². The zero-order valence-corrected chi connectivity index (χ0v) is 17.0. The smallest absolute Gasteiger partial charge is 0.0534 e. The summed E-state index contributed by atoms with van der Waals surface area (Å²) in [5, 5.41) is 4.33. The Morgan fingerprint density at radius 2 is 2.04 bits per heavy atom. The molecule has 1 atom stereocenters. The minimum atomic E-state index is 0.319. The molecule has 1 aromatic carbocycles. The summed E-state index contributed by atoms with van der Waals surface area (Å²) in [7, 11) is 2.00. The van der Waals surface area contributed by atoms with E-state index in [0.717, 1.165) is 26.3 Å². The van der Waals surface area contributed by atoms with Crippen LogP contribution in [0.3, 0.4) is 0 Å². The van der Waals surface area contributed by atoms with Gasteiger partial charge in [-0.15, -0.1) is 0 Å². The number of likely N-dealkylation sites (tertiary alicyclic amines) is 1. The Hall–Kier alpha value is -1.69. The molecule has 2 fully saturated rings. The van der Waals surface area contributed by atoms with Crippen molar-refractivity contribution in [1.29, 1.82) is 0 Å². The lowest BCUT2D eigenvalue weighted by atomic mass is 9.68. The summed E-state index contributed by atoms with van der Waals surface area (Å²) in [6.45, 7) is 8.76. The summed E-state index contributed by atoms with van der Waals surface area (Å²) >= 11 is 0. The quantitative estimate of drug-likeness (QED) is 0.817. The van der Waals surface area contributed by atoms with E-state index in [1.54, 1.807) is 11.1 Å². The van der Waals surface area contributed by atoms with Crippen LogP contribution in [0, 0.1) is 5.92 Å². The van der Waals surface area contributed by atoms with Gasteiger partial charge in [0.05, 0.1) is 12.8 Å². The molecule has 0 N–H and O–H groups in total. The Morgan fingerprint density at radius 1 is 1.18 bits per heavy atom. The maximum absolute atomic E-state index is 5.64. The molecular formula is C23H32N4O. The van der Waals surface area contributed by atoms with Crippen molar-refractivity contribution in [3.8, 4) is 0 Å². The van der Waals surface area contributed by atoms with Crippen LogP contribution < -0.4 is 0 Å². The van der Waals surface area contributed by atoms with E-state index in [1.165, 1.54) is 51.0 Å². The molecule has 5 nitrogen and oxygen atoms in total. The minimum Gasteiger partial charge on any atom is -0.381 e. The number of rotatable bonds is 4. The highest BCUT2D eigenvalue weighted by molar-refractivity contribution is 5.38. The van der Waals surface area contributed by atoms with Crippen LogP contribution in [-0.2, 0) is 30.3 Å². The van der Waals surface area contributed by atoms with E-state index in [2.05, 4.69) is 45.4 Å². The molecule has 28 heavy (non-hydrogen) atoms. The second kappa shape index (κ2) is 7.62. The number of nitrogens with zero attached hydrogens (tertiary/aromatic N) is 4. The van der Waals surface area contributed by atoms with Crippen molar-refractivity contribution in [2.75, 3.05) is 39.4 Å². The molecule has 0 bridgehead atoms. The summed E-state index contributed by atoms with van der Waals surface area (Å²) in [5.41, 5.74) is 4.81. The second-order valence-electron chi connectivity index (χ2n) is 9.14. The average Bonchev–Trinajstić information content (AvgIpc) is 3.36. The SMILES string of the molecule is Cn1cc(CN2CCC3(CC2)CN(C[C@H]2CCOC2)Cc2ccccc23)cn1. The predicted octanol–water partition coefficient (Wildman–Crippen LogP) is 2.81. The van der Waals surface area contributed by atoms with Gasteiger partial charge >= 0.3 is 0 Å². The zero-order valence-electron chi connectivity index (χ0n) is 17.0. The number of ether oxygens (including phenoxy) is 1. The minimum absolute atomic E-state index is 0.319. The van der Waals surface area contributed by atoms with Crippen molar-refractivity contribution in [1.82, 2.24) is 19.6 Å². The molecule has 3 aliphatic rings. The van der Waals surface area contributed by atoms with Gasteiger partial charge in [-0.05, 0) is 49.4 Å². The lowest BCUT2D eigenvalue weighted by molar-refractivity contribution is 0.0830. The van der Waals surface area contributed by atoms with Crippen molar-refractivity contribution in [3.05, 3.63) is 53.3 Å². The van der Waals surface area contributed by atoms with Gasteiger partial charge in [-0.3, -0.25) is 14.5 Å². The van der Waals surface area contributed by atoms with Crippen molar-refractivity contribution < 1.29 is 4.74 Å². The largest absolute Gasteiger partial charge is 0.381 e. The topological polar surface area (TPSA) is 33.5 Å². The van der Waals surface area contributed by atoms with Gasteiger partial charge in [0.15, 0.2) is 0 Å². The molecule has 2 aromatic rings. The standard InChI is InChI=1S/C23H32N4O/c1-25-13-20(12-24-25)15-26-9-7-23(8-10-26)18-27(14-19-6-11-28-17-19)16-21-4-2-3-5-22(21)23/h2-5,12-13,19H,6-11,14-18H2,1H3/t19-/m1/s1. The average molecular weight is 381 g/mol. The molecular weight excluding hydrogens is 348 g/mol. The molecule has 2 saturated heterocycles. The molecule has 0 amide bonds. The molecule has 0 saturated carbocycles. The third-order valence-corrected chi connectivity index (χ3v) is 7.03. The molecule has 5 rings (SSSR count). The van der Waals surface area contributed by atoms with Crippen molar-refractivity contribution in [3.63, 3.8) is 0 Å². The normalized spacial score (nSPS) is 25.2. The first-order valence-electron chi connectivity index (χ1n) is 10.8. The summed E-state index contributed by atoms with van der Waals surface area (Å²) < 4.78 is 7.54. The zero-order chi connectivity index (χ0) is 19.0. The van der Waals surface area contributed by atoms with Crippen LogP contribution in [0.25, 0.3) is 0 Å².